The second kappa shape index (κ2) is 5.24. The predicted octanol–water partition coefficient (Wildman–Crippen LogP) is 0.595. The molecule has 6 heteroatoms. The second-order valence-corrected chi connectivity index (χ2v) is 4.86. The van der Waals surface area contributed by atoms with E-state index in [4.69, 9.17) is 5.73 Å². The summed E-state index contributed by atoms with van der Waals surface area (Å²) in [4.78, 5) is 23.8. The summed E-state index contributed by atoms with van der Waals surface area (Å²) in [5.41, 5.74) is 9.23. The fourth-order valence-electron chi connectivity index (χ4n) is 2.36. The van der Waals surface area contributed by atoms with Crippen LogP contribution in [0.15, 0.2) is 53.7 Å². The van der Waals surface area contributed by atoms with Gasteiger partial charge in [-0.05, 0) is 18.2 Å². The zero-order valence-electron chi connectivity index (χ0n) is 11.1. The summed E-state index contributed by atoms with van der Waals surface area (Å²) in [7, 11) is 0. The van der Waals surface area contributed by atoms with Crippen molar-refractivity contribution in [3.05, 3.63) is 54.1 Å². The van der Waals surface area contributed by atoms with E-state index in [-0.39, 0.29) is 17.9 Å². The number of carbonyl (C=O) groups excluding carboxylic acids is 2. The van der Waals surface area contributed by atoms with Gasteiger partial charge in [-0.15, -0.1) is 0 Å². The molecular formula is C15H14N4O2. The molecule has 1 aromatic carbocycles. The van der Waals surface area contributed by atoms with Crippen LogP contribution in [0.4, 0.5) is 5.69 Å². The van der Waals surface area contributed by atoms with Gasteiger partial charge in [0.2, 0.25) is 0 Å². The maximum Gasteiger partial charge on any atom is 0.271 e. The van der Waals surface area contributed by atoms with E-state index in [1.807, 2.05) is 24.3 Å². The van der Waals surface area contributed by atoms with E-state index in [0.717, 1.165) is 0 Å². The quantitative estimate of drug-likeness (QED) is 0.547. The van der Waals surface area contributed by atoms with Gasteiger partial charge >= 0.3 is 0 Å². The van der Waals surface area contributed by atoms with E-state index in [1.165, 1.54) is 0 Å². The number of benzene rings is 1. The van der Waals surface area contributed by atoms with Gasteiger partial charge in [0, 0.05) is 11.3 Å². The second-order valence-electron chi connectivity index (χ2n) is 4.86. The Morgan fingerprint density at radius 3 is 2.90 bits per heavy atom. The van der Waals surface area contributed by atoms with Crippen molar-refractivity contribution in [1.82, 2.24) is 10.7 Å². The topological polar surface area (TPSA) is 96.6 Å². The van der Waals surface area contributed by atoms with Crippen molar-refractivity contribution in [2.24, 2.45) is 11.0 Å². The van der Waals surface area contributed by atoms with E-state index in [1.54, 1.807) is 24.3 Å². The number of anilines is 1. The third-order valence-electron chi connectivity index (χ3n) is 3.41. The van der Waals surface area contributed by atoms with Gasteiger partial charge in [-0.25, -0.2) is 5.43 Å². The molecule has 0 saturated carbocycles. The molecule has 2 aliphatic rings. The number of hydrogen-bond acceptors (Lipinski definition) is 4. The molecule has 0 unspecified atom stereocenters. The first-order valence-electron chi connectivity index (χ1n) is 6.54. The summed E-state index contributed by atoms with van der Waals surface area (Å²) in [6.07, 6.45) is 7.51. The van der Waals surface area contributed by atoms with Crippen LogP contribution in [0.5, 0.6) is 0 Å². The molecule has 1 aromatic rings. The maximum atomic E-state index is 12.0. The molecule has 106 valence electrons. The number of hydrogen-bond donors (Lipinski definition) is 3. The summed E-state index contributed by atoms with van der Waals surface area (Å²) in [5.74, 6) is -0.820. The highest BCUT2D eigenvalue weighted by atomic mass is 16.2. The number of allylic oxidation sites excluding steroid dienone is 2. The minimum atomic E-state index is -0.401. The number of nitrogen functional groups attached to an aromatic ring is 1. The van der Waals surface area contributed by atoms with Crippen molar-refractivity contribution in [2.45, 2.75) is 6.04 Å². The highest BCUT2D eigenvalue weighted by Gasteiger charge is 2.37. The Morgan fingerprint density at radius 2 is 2.10 bits per heavy atom. The first-order valence-corrected chi connectivity index (χ1v) is 6.54. The minimum Gasteiger partial charge on any atom is -0.399 e. The molecule has 1 aliphatic heterocycles. The van der Waals surface area contributed by atoms with Crippen LogP contribution in [0.2, 0.25) is 0 Å². The van der Waals surface area contributed by atoms with Crippen LogP contribution < -0.4 is 16.5 Å². The molecular weight excluding hydrogens is 268 g/mol. The molecule has 0 aromatic heterocycles. The lowest BCUT2D eigenvalue weighted by molar-refractivity contribution is -0.114. The van der Waals surface area contributed by atoms with Crippen LogP contribution in [0, 0.1) is 5.92 Å². The number of fused-ring (bicyclic) bond motifs is 1. The molecule has 1 aliphatic carbocycles. The molecule has 0 bridgehead atoms. The predicted molar refractivity (Wildman–Crippen MR) is 79.5 cm³/mol. The Labute approximate surface area is 121 Å². The summed E-state index contributed by atoms with van der Waals surface area (Å²) in [6, 6.07) is 6.47. The Kier molecular flexibility index (Phi) is 3.27. The van der Waals surface area contributed by atoms with E-state index in [9.17, 15) is 9.59 Å². The monoisotopic (exact) mass is 282 g/mol. The SMILES string of the molecule is Nc1cccc(C(=O)N/N=C2\C(=O)N[C@@H]3C=CC=C[C@H]23)c1. The first kappa shape index (κ1) is 13.1. The molecule has 21 heavy (non-hydrogen) atoms. The van der Waals surface area contributed by atoms with Gasteiger partial charge in [0.15, 0.2) is 0 Å². The van der Waals surface area contributed by atoms with Crippen molar-refractivity contribution in [3.63, 3.8) is 0 Å². The number of amides is 2. The maximum absolute atomic E-state index is 12.0. The third-order valence-corrected chi connectivity index (χ3v) is 3.41. The number of carbonyl (C=O) groups is 2. The van der Waals surface area contributed by atoms with Gasteiger partial charge in [0.05, 0.1) is 12.0 Å². The highest BCUT2D eigenvalue weighted by Crippen LogP contribution is 2.20. The molecule has 4 N–H and O–H groups in total. The molecule has 1 fully saturated rings. The molecule has 1 saturated heterocycles. The average molecular weight is 282 g/mol. The Bertz CT molecular complexity index is 691. The molecule has 0 spiro atoms. The summed E-state index contributed by atoms with van der Waals surface area (Å²) >= 11 is 0. The van der Waals surface area contributed by atoms with E-state index in [2.05, 4.69) is 15.8 Å². The highest BCUT2D eigenvalue weighted by molar-refractivity contribution is 6.42. The molecule has 0 radical (unpaired) electrons. The Morgan fingerprint density at radius 1 is 1.29 bits per heavy atom. The summed E-state index contributed by atoms with van der Waals surface area (Å²) in [5, 5.41) is 6.77. The summed E-state index contributed by atoms with van der Waals surface area (Å²) < 4.78 is 0. The normalized spacial score (nSPS) is 24.8. The van der Waals surface area contributed by atoms with Crippen LogP contribution in [-0.2, 0) is 4.79 Å². The number of nitrogens with one attached hydrogen (secondary N) is 2. The van der Waals surface area contributed by atoms with Crippen molar-refractivity contribution in [1.29, 1.82) is 0 Å². The van der Waals surface area contributed by atoms with Crippen molar-refractivity contribution >= 4 is 23.2 Å². The van der Waals surface area contributed by atoms with Crippen LogP contribution >= 0.6 is 0 Å². The summed E-state index contributed by atoms with van der Waals surface area (Å²) in [6.45, 7) is 0. The van der Waals surface area contributed by atoms with E-state index < -0.39 is 5.91 Å². The van der Waals surface area contributed by atoms with Crippen molar-refractivity contribution < 1.29 is 9.59 Å². The fraction of sp³-hybridized carbons (Fsp3) is 0.133. The Balaban J connectivity index is 1.76. The number of nitrogens with zero attached hydrogens (tertiary/aromatic N) is 1. The first-order chi connectivity index (χ1) is 10.1. The minimum absolute atomic E-state index is 0.0921. The third kappa shape index (κ3) is 2.55. The standard InChI is InChI=1S/C15H14N4O2/c16-10-5-3-4-9(8-10)14(20)19-18-13-11-6-1-2-7-12(11)17-15(13)21/h1-8,11-12H,16H2,(H,17,21)(H,19,20)/b18-13-/t11-,12+/m0/s1. The number of rotatable bonds is 2. The fourth-order valence-corrected chi connectivity index (χ4v) is 2.36. The molecule has 3 rings (SSSR count). The van der Waals surface area contributed by atoms with Gasteiger partial charge in [0.25, 0.3) is 11.8 Å². The lowest BCUT2D eigenvalue weighted by atomic mass is 9.95. The van der Waals surface area contributed by atoms with Crippen LogP contribution in [0.1, 0.15) is 10.4 Å². The smallest absolute Gasteiger partial charge is 0.271 e. The van der Waals surface area contributed by atoms with Crippen LogP contribution in [0.25, 0.3) is 0 Å². The zero-order chi connectivity index (χ0) is 14.8. The van der Waals surface area contributed by atoms with Crippen molar-refractivity contribution in [3.8, 4) is 0 Å². The average Bonchev–Trinajstić information content (AvgIpc) is 2.80. The van der Waals surface area contributed by atoms with Gasteiger partial charge in [-0.2, -0.15) is 5.10 Å². The molecule has 2 atom stereocenters. The lowest BCUT2D eigenvalue weighted by Crippen LogP contribution is -2.26. The number of nitrogens with two attached hydrogens (primary N) is 1. The van der Waals surface area contributed by atoms with Crippen LogP contribution in [-0.4, -0.2) is 23.6 Å². The largest absolute Gasteiger partial charge is 0.399 e. The van der Waals surface area contributed by atoms with Gasteiger partial charge in [0.1, 0.15) is 5.71 Å². The zero-order valence-corrected chi connectivity index (χ0v) is 11.1. The van der Waals surface area contributed by atoms with E-state index >= 15 is 0 Å². The van der Waals surface area contributed by atoms with Gasteiger partial charge in [-0.1, -0.05) is 30.4 Å². The van der Waals surface area contributed by atoms with Gasteiger partial charge < -0.3 is 11.1 Å². The van der Waals surface area contributed by atoms with Crippen LogP contribution in [0.3, 0.4) is 0 Å². The molecule has 6 nitrogen and oxygen atoms in total. The molecule has 1 heterocycles. The Hall–Kier alpha value is -2.89. The van der Waals surface area contributed by atoms with E-state index in [0.29, 0.717) is 17.0 Å². The van der Waals surface area contributed by atoms with Crippen molar-refractivity contribution in [2.75, 3.05) is 5.73 Å². The number of hydrazone groups is 1. The lowest BCUT2D eigenvalue weighted by Gasteiger charge is -2.13. The van der Waals surface area contributed by atoms with Gasteiger partial charge in [-0.3, -0.25) is 9.59 Å². The molecule has 2 amide bonds.